The molecule has 30 heavy (non-hydrogen) atoms. The Morgan fingerprint density at radius 2 is 1.93 bits per heavy atom. The molecule has 0 amide bonds. The van der Waals surface area contributed by atoms with E-state index in [0.29, 0.717) is 22.6 Å². The monoisotopic (exact) mass is 419 g/mol. The van der Waals surface area contributed by atoms with E-state index in [9.17, 15) is 9.59 Å². The third-order valence-corrected chi connectivity index (χ3v) is 5.66. The molecule has 0 N–H and O–H groups in total. The normalized spacial score (nSPS) is 13.8. The molecule has 4 rings (SSSR count). The van der Waals surface area contributed by atoms with Gasteiger partial charge in [-0.3, -0.25) is 9.59 Å². The Morgan fingerprint density at radius 1 is 1.17 bits per heavy atom. The highest BCUT2D eigenvalue weighted by Gasteiger charge is 2.30. The maximum absolute atomic E-state index is 12.8. The molecule has 1 aromatic heterocycles. The van der Waals surface area contributed by atoms with Crippen LogP contribution in [0, 0.1) is 6.92 Å². The first-order chi connectivity index (χ1) is 14.4. The van der Waals surface area contributed by atoms with Crippen molar-refractivity contribution in [1.82, 2.24) is 0 Å². The predicted octanol–water partition coefficient (Wildman–Crippen LogP) is 4.89. The number of fused-ring (bicyclic) bond motifs is 1. The van der Waals surface area contributed by atoms with Gasteiger partial charge in [-0.15, -0.1) is 11.3 Å². The topological polar surface area (TPSA) is 55.8 Å². The molecule has 0 fully saturated rings. The van der Waals surface area contributed by atoms with Crippen LogP contribution in [0.15, 0.2) is 59.7 Å². The second-order valence-electron chi connectivity index (χ2n) is 7.27. The van der Waals surface area contributed by atoms with Crippen LogP contribution >= 0.6 is 11.3 Å². The molecule has 1 aliphatic rings. The van der Waals surface area contributed by atoms with E-state index >= 15 is 0 Å². The van der Waals surface area contributed by atoms with Gasteiger partial charge < -0.3 is 14.4 Å². The summed E-state index contributed by atoms with van der Waals surface area (Å²) in [6, 6.07) is 14.9. The number of aryl methyl sites for hydroxylation is 1. The smallest absolute Gasteiger partial charge is 0.316 e. The summed E-state index contributed by atoms with van der Waals surface area (Å²) in [5.41, 5.74) is 3.16. The Balaban J connectivity index is 1.53. The molecule has 0 aliphatic carbocycles. The minimum atomic E-state index is -0.349. The summed E-state index contributed by atoms with van der Waals surface area (Å²) in [6.07, 6.45) is 1.94. The molecular weight excluding hydrogens is 398 g/mol. The van der Waals surface area contributed by atoms with Crippen LogP contribution in [0.3, 0.4) is 0 Å². The average molecular weight is 420 g/mol. The molecule has 0 bridgehead atoms. The molecule has 0 radical (unpaired) electrons. The third-order valence-electron chi connectivity index (χ3n) is 4.78. The molecule has 5 nitrogen and oxygen atoms in total. The van der Waals surface area contributed by atoms with Crippen molar-refractivity contribution in [1.29, 1.82) is 0 Å². The van der Waals surface area contributed by atoms with Crippen LogP contribution in [0.25, 0.3) is 6.08 Å². The van der Waals surface area contributed by atoms with Crippen molar-refractivity contribution in [3.05, 3.63) is 81.2 Å². The Morgan fingerprint density at radius 3 is 2.60 bits per heavy atom. The number of hydrogen-bond acceptors (Lipinski definition) is 6. The minimum absolute atomic E-state index is 0.171. The summed E-state index contributed by atoms with van der Waals surface area (Å²) < 4.78 is 11.3. The van der Waals surface area contributed by atoms with E-state index < -0.39 is 0 Å². The maximum atomic E-state index is 12.8. The number of benzene rings is 2. The van der Waals surface area contributed by atoms with Gasteiger partial charge in [-0.05, 0) is 53.8 Å². The number of Topliss-reactive ketones (excluding diaryl/α,β-unsaturated/α-hetero) is 1. The van der Waals surface area contributed by atoms with E-state index in [1.807, 2.05) is 67.7 Å². The molecule has 0 saturated carbocycles. The van der Waals surface area contributed by atoms with E-state index in [-0.39, 0.29) is 23.9 Å². The lowest BCUT2D eigenvalue weighted by Gasteiger charge is -2.11. The number of carbonyl (C=O) groups is 2. The molecule has 3 aromatic rings. The predicted molar refractivity (Wildman–Crippen MR) is 119 cm³/mol. The van der Waals surface area contributed by atoms with Gasteiger partial charge in [-0.25, -0.2) is 0 Å². The number of nitrogens with zero attached hydrogens (tertiary/aromatic N) is 1. The second-order valence-corrected chi connectivity index (χ2v) is 8.30. The standard InChI is InChI=1S/C24H21NO4S/c1-15-11-18(28-22(26)14-19-5-4-10-30-19)13-20-23(15)24(27)21(29-20)12-16-6-8-17(9-7-16)25(2)3/h4-13H,14H2,1-3H3/b21-12-. The van der Waals surface area contributed by atoms with Crippen LogP contribution < -0.4 is 14.4 Å². The van der Waals surface area contributed by atoms with Gasteiger partial charge in [0.15, 0.2) is 5.76 Å². The molecule has 6 heteroatoms. The lowest BCUT2D eigenvalue weighted by atomic mass is 10.0. The molecule has 0 saturated heterocycles. The number of thiophene rings is 1. The first-order valence-corrected chi connectivity index (χ1v) is 10.4. The van der Waals surface area contributed by atoms with Gasteiger partial charge in [0.25, 0.3) is 0 Å². The summed E-state index contributed by atoms with van der Waals surface area (Å²) in [6.45, 7) is 1.81. The highest BCUT2D eigenvalue weighted by Crippen LogP contribution is 2.37. The molecule has 2 aromatic carbocycles. The number of hydrogen-bond donors (Lipinski definition) is 0. The molecule has 1 aliphatic heterocycles. The summed E-state index contributed by atoms with van der Waals surface area (Å²) >= 11 is 1.51. The first kappa shape index (κ1) is 19.9. The van der Waals surface area contributed by atoms with Crippen LogP contribution in [-0.4, -0.2) is 25.8 Å². The van der Waals surface area contributed by atoms with Crippen molar-refractivity contribution < 1.29 is 19.1 Å². The molecule has 0 spiro atoms. The van der Waals surface area contributed by atoms with E-state index in [4.69, 9.17) is 9.47 Å². The van der Waals surface area contributed by atoms with Gasteiger partial charge in [0.2, 0.25) is 5.78 Å². The molecule has 0 atom stereocenters. The van der Waals surface area contributed by atoms with Crippen LogP contribution in [0.5, 0.6) is 11.5 Å². The van der Waals surface area contributed by atoms with E-state index in [1.54, 1.807) is 18.2 Å². The average Bonchev–Trinajstić information content (AvgIpc) is 3.30. The zero-order valence-corrected chi connectivity index (χ0v) is 17.8. The van der Waals surface area contributed by atoms with Gasteiger partial charge in [0.1, 0.15) is 11.5 Å². The Bertz CT molecular complexity index is 1130. The first-order valence-electron chi connectivity index (χ1n) is 9.50. The summed E-state index contributed by atoms with van der Waals surface area (Å²) in [7, 11) is 3.95. The van der Waals surface area contributed by atoms with Crippen LogP contribution in [0.4, 0.5) is 5.69 Å². The lowest BCUT2D eigenvalue weighted by Crippen LogP contribution is -2.10. The number of ether oxygens (including phenoxy) is 2. The quantitative estimate of drug-likeness (QED) is 0.335. The zero-order chi connectivity index (χ0) is 21.3. The second kappa shape index (κ2) is 8.16. The Hall–Kier alpha value is -3.38. The van der Waals surface area contributed by atoms with Gasteiger partial charge in [-0.1, -0.05) is 18.2 Å². The fourth-order valence-electron chi connectivity index (χ4n) is 3.28. The number of carbonyl (C=O) groups excluding carboxylic acids is 2. The van der Waals surface area contributed by atoms with E-state index in [1.165, 1.54) is 11.3 Å². The molecular formula is C24H21NO4S. The highest BCUT2D eigenvalue weighted by molar-refractivity contribution is 7.10. The van der Waals surface area contributed by atoms with E-state index in [2.05, 4.69) is 0 Å². The largest absolute Gasteiger partial charge is 0.452 e. The number of ketones is 1. The number of allylic oxidation sites excluding steroid dienone is 1. The fraction of sp³-hybridized carbons (Fsp3) is 0.167. The number of anilines is 1. The van der Waals surface area contributed by atoms with E-state index in [0.717, 1.165) is 16.1 Å². The van der Waals surface area contributed by atoms with Crippen molar-refractivity contribution in [3.63, 3.8) is 0 Å². The SMILES string of the molecule is Cc1cc(OC(=O)Cc2cccs2)cc2c1C(=O)/C(=C/c1ccc(N(C)C)cc1)O2. The van der Waals surface area contributed by atoms with Gasteiger partial charge in [-0.2, -0.15) is 0 Å². The van der Waals surface area contributed by atoms with Gasteiger partial charge in [0, 0.05) is 30.7 Å². The Kier molecular flexibility index (Phi) is 5.42. The highest BCUT2D eigenvalue weighted by atomic mass is 32.1. The van der Waals surface area contributed by atoms with Crippen molar-refractivity contribution in [2.75, 3.05) is 19.0 Å². The Labute approximate surface area is 179 Å². The number of esters is 1. The van der Waals surface area contributed by atoms with Crippen LogP contribution in [0.2, 0.25) is 0 Å². The maximum Gasteiger partial charge on any atom is 0.316 e. The summed E-state index contributed by atoms with van der Waals surface area (Å²) in [5, 5.41) is 1.92. The summed E-state index contributed by atoms with van der Waals surface area (Å²) in [4.78, 5) is 28.0. The fourth-order valence-corrected chi connectivity index (χ4v) is 3.97. The van der Waals surface area contributed by atoms with Crippen molar-refractivity contribution >= 4 is 34.9 Å². The van der Waals surface area contributed by atoms with Crippen molar-refractivity contribution in [2.45, 2.75) is 13.3 Å². The lowest BCUT2D eigenvalue weighted by molar-refractivity contribution is -0.133. The van der Waals surface area contributed by atoms with Gasteiger partial charge in [0.05, 0.1) is 12.0 Å². The molecule has 0 unspecified atom stereocenters. The molecule has 2 heterocycles. The van der Waals surface area contributed by atoms with Gasteiger partial charge >= 0.3 is 5.97 Å². The summed E-state index contributed by atoms with van der Waals surface area (Å²) in [5.74, 6) is 0.522. The zero-order valence-electron chi connectivity index (χ0n) is 17.0. The third kappa shape index (κ3) is 4.14. The van der Waals surface area contributed by atoms with Crippen LogP contribution in [0.1, 0.15) is 26.4 Å². The van der Waals surface area contributed by atoms with Crippen molar-refractivity contribution in [3.8, 4) is 11.5 Å². The minimum Gasteiger partial charge on any atom is -0.452 e. The van der Waals surface area contributed by atoms with Crippen LogP contribution in [-0.2, 0) is 11.2 Å². The van der Waals surface area contributed by atoms with Crippen molar-refractivity contribution in [2.24, 2.45) is 0 Å². The number of rotatable bonds is 5. The molecule has 152 valence electrons.